The number of ketones is 1. The van der Waals surface area contributed by atoms with E-state index < -0.39 is 18.2 Å². The summed E-state index contributed by atoms with van der Waals surface area (Å²) in [6.07, 6.45) is -0.0238. The normalized spacial score (nSPS) is 13.5. The van der Waals surface area contributed by atoms with Gasteiger partial charge in [-0.05, 0) is 13.8 Å². The second-order valence-electron chi connectivity index (χ2n) is 3.38. The molecule has 0 aromatic rings. The van der Waals surface area contributed by atoms with Crippen LogP contribution in [0.25, 0.3) is 0 Å². The van der Waals surface area contributed by atoms with Crippen molar-refractivity contribution in [1.82, 2.24) is 0 Å². The van der Waals surface area contributed by atoms with E-state index in [1.54, 1.807) is 13.8 Å². The van der Waals surface area contributed by atoms with Crippen molar-refractivity contribution in [3.8, 4) is 0 Å². The predicted molar refractivity (Wildman–Crippen MR) is 45.5 cm³/mol. The van der Waals surface area contributed by atoms with Crippen molar-refractivity contribution in [2.24, 2.45) is 5.73 Å². The Hall–Kier alpha value is -0.940. The van der Waals surface area contributed by atoms with Crippen molar-refractivity contribution in [1.29, 1.82) is 0 Å². The lowest BCUT2D eigenvalue weighted by Gasteiger charge is -2.22. The summed E-state index contributed by atoms with van der Waals surface area (Å²) in [4.78, 5) is 21.1. The SMILES string of the molecule is CC(C)(CC(=O)C(N)CO)O[C]=O. The topological polar surface area (TPSA) is 89.6 Å². The summed E-state index contributed by atoms with van der Waals surface area (Å²) in [5, 5.41) is 8.57. The molecule has 75 valence electrons. The molecule has 0 aromatic heterocycles. The van der Waals surface area contributed by atoms with Gasteiger partial charge in [-0.2, -0.15) is 0 Å². The molecule has 0 aromatic carbocycles. The van der Waals surface area contributed by atoms with Crippen molar-refractivity contribution in [3.63, 3.8) is 0 Å². The van der Waals surface area contributed by atoms with Crippen LogP contribution in [-0.4, -0.2) is 35.6 Å². The van der Waals surface area contributed by atoms with Gasteiger partial charge >= 0.3 is 6.47 Å². The molecule has 0 aliphatic rings. The summed E-state index contributed by atoms with van der Waals surface area (Å²) in [6.45, 7) is 4.00. The molecule has 0 saturated heterocycles. The number of hydrogen-bond acceptors (Lipinski definition) is 5. The lowest BCUT2D eigenvalue weighted by Crippen LogP contribution is -2.39. The first-order chi connectivity index (χ1) is 5.93. The van der Waals surface area contributed by atoms with E-state index in [0.29, 0.717) is 0 Å². The predicted octanol–water partition coefficient (Wildman–Crippen LogP) is -0.872. The van der Waals surface area contributed by atoms with Crippen molar-refractivity contribution in [2.45, 2.75) is 31.9 Å². The van der Waals surface area contributed by atoms with E-state index in [4.69, 9.17) is 10.8 Å². The summed E-state index contributed by atoms with van der Waals surface area (Å²) in [5.41, 5.74) is 4.36. The molecular weight excluding hydrogens is 174 g/mol. The molecule has 3 N–H and O–H groups in total. The van der Waals surface area contributed by atoms with Crippen LogP contribution in [0.4, 0.5) is 0 Å². The van der Waals surface area contributed by atoms with Crippen LogP contribution in [0.5, 0.6) is 0 Å². The van der Waals surface area contributed by atoms with Gasteiger partial charge in [-0.25, -0.2) is 4.79 Å². The number of hydrogen-bond donors (Lipinski definition) is 2. The lowest BCUT2D eigenvalue weighted by atomic mass is 9.98. The average Bonchev–Trinajstić information content (AvgIpc) is 2.01. The number of aliphatic hydroxyl groups is 1. The van der Waals surface area contributed by atoms with Crippen molar-refractivity contribution >= 4 is 12.3 Å². The van der Waals surface area contributed by atoms with Crippen LogP contribution >= 0.6 is 0 Å². The van der Waals surface area contributed by atoms with E-state index in [9.17, 15) is 9.59 Å². The van der Waals surface area contributed by atoms with Crippen molar-refractivity contribution in [3.05, 3.63) is 0 Å². The Balaban J connectivity index is 4.10. The smallest absolute Gasteiger partial charge is 0.418 e. The fourth-order valence-corrected chi connectivity index (χ4v) is 0.801. The summed E-state index contributed by atoms with van der Waals surface area (Å²) in [7, 11) is 0. The van der Waals surface area contributed by atoms with Crippen LogP contribution in [0.2, 0.25) is 0 Å². The first-order valence-electron chi connectivity index (χ1n) is 3.87. The molecule has 13 heavy (non-hydrogen) atoms. The van der Waals surface area contributed by atoms with Gasteiger partial charge in [0, 0.05) is 6.42 Å². The quantitative estimate of drug-likeness (QED) is 0.565. The molecule has 0 aliphatic heterocycles. The van der Waals surface area contributed by atoms with Crippen LogP contribution in [0, 0.1) is 0 Å². The standard InChI is InChI=1S/C8H14NO4/c1-8(2,13-5-11)3-7(12)6(9)4-10/h6,10H,3-4,9H2,1-2H3. The molecule has 0 rings (SSSR count). The van der Waals surface area contributed by atoms with Gasteiger partial charge in [0.05, 0.1) is 12.6 Å². The monoisotopic (exact) mass is 188 g/mol. The lowest BCUT2D eigenvalue weighted by molar-refractivity contribution is -0.124. The second-order valence-corrected chi connectivity index (χ2v) is 3.38. The van der Waals surface area contributed by atoms with Gasteiger partial charge in [0.2, 0.25) is 0 Å². The molecule has 5 heteroatoms. The van der Waals surface area contributed by atoms with E-state index in [1.165, 1.54) is 6.47 Å². The van der Waals surface area contributed by atoms with Gasteiger partial charge in [-0.3, -0.25) is 4.79 Å². The number of aliphatic hydroxyl groups excluding tert-OH is 1. The summed E-state index contributed by atoms with van der Waals surface area (Å²) in [5.74, 6) is -0.345. The Labute approximate surface area is 76.9 Å². The van der Waals surface area contributed by atoms with Crippen molar-refractivity contribution < 1.29 is 19.4 Å². The Morgan fingerprint density at radius 2 is 2.23 bits per heavy atom. The van der Waals surface area contributed by atoms with E-state index in [-0.39, 0.29) is 12.2 Å². The maximum Gasteiger partial charge on any atom is 0.418 e. The van der Waals surface area contributed by atoms with E-state index in [0.717, 1.165) is 0 Å². The minimum absolute atomic E-state index is 0.0238. The molecule has 0 bridgehead atoms. The first-order valence-corrected chi connectivity index (χ1v) is 3.87. The fraction of sp³-hybridized carbons (Fsp3) is 0.750. The molecule has 1 atom stereocenters. The van der Waals surface area contributed by atoms with Gasteiger partial charge in [-0.15, -0.1) is 0 Å². The highest BCUT2D eigenvalue weighted by atomic mass is 16.5. The molecule has 0 fully saturated rings. The van der Waals surface area contributed by atoms with Crippen molar-refractivity contribution in [2.75, 3.05) is 6.61 Å². The molecule has 1 unspecified atom stereocenters. The molecule has 0 heterocycles. The summed E-state index contributed by atoms with van der Waals surface area (Å²) >= 11 is 0. The van der Waals surface area contributed by atoms with Gasteiger partial charge in [-0.1, -0.05) is 0 Å². The maximum atomic E-state index is 11.2. The van der Waals surface area contributed by atoms with Gasteiger partial charge in [0.1, 0.15) is 5.60 Å². The van der Waals surface area contributed by atoms with Crippen LogP contribution < -0.4 is 5.73 Å². The maximum absolute atomic E-state index is 11.2. The highest BCUT2D eigenvalue weighted by molar-refractivity contribution is 5.84. The Bertz CT molecular complexity index is 191. The number of carbonyl (C=O) groups is 1. The fourth-order valence-electron chi connectivity index (χ4n) is 0.801. The van der Waals surface area contributed by atoms with Crippen LogP contribution in [0.1, 0.15) is 20.3 Å². The molecule has 0 spiro atoms. The highest BCUT2D eigenvalue weighted by Crippen LogP contribution is 2.14. The van der Waals surface area contributed by atoms with E-state index in [1.807, 2.05) is 0 Å². The number of carbonyl (C=O) groups excluding carboxylic acids is 2. The number of ether oxygens (including phenoxy) is 1. The zero-order valence-electron chi connectivity index (χ0n) is 7.74. The molecule has 0 amide bonds. The van der Waals surface area contributed by atoms with Crippen LogP contribution in [0.3, 0.4) is 0 Å². The molecule has 0 aliphatic carbocycles. The van der Waals surface area contributed by atoms with Gasteiger partial charge in [0.15, 0.2) is 5.78 Å². The largest absolute Gasteiger partial charge is 0.451 e. The number of rotatable bonds is 6. The zero-order valence-corrected chi connectivity index (χ0v) is 7.74. The average molecular weight is 188 g/mol. The Kier molecular flexibility index (Phi) is 4.58. The van der Waals surface area contributed by atoms with Gasteiger partial charge in [0.25, 0.3) is 0 Å². The highest BCUT2D eigenvalue weighted by Gasteiger charge is 2.26. The Morgan fingerprint density at radius 3 is 2.62 bits per heavy atom. The van der Waals surface area contributed by atoms with E-state index in [2.05, 4.69) is 4.74 Å². The third kappa shape index (κ3) is 4.59. The number of nitrogens with two attached hydrogens (primary N) is 1. The first kappa shape index (κ1) is 12.1. The summed E-state index contributed by atoms with van der Waals surface area (Å²) < 4.78 is 4.53. The molecule has 5 nitrogen and oxygen atoms in total. The molecular formula is C8H14NO4. The minimum Gasteiger partial charge on any atom is -0.451 e. The zero-order chi connectivity index (χ0) is 10.5. The van der Waals surface area contributed by atoms with Crippen LogP contribution in [-0.2, 0) is 14.3 Å². The van der Waals surface area contributed by atoms with E-state index >= 15 is 0 Å². The summed E-state index contributed by atoms with van der Waals surface area (Å²) in [6, 6.07) is -0.908. The third-order valence-corrected chi connectivity index (χ3v) is 1.53. The molecule has 1 radical (unpaired) electrons. The third-order valence-electron chi connectivity index (χ3n) is 1.53. The van der Waals surface area contributed by atoms with Crippen LogP contribution in [0.15, 0.2) is 0 Å². The van der Waals surface area contributed by atoms with Gasteiger partial charge < -0.3 is 15.6 Å². The molecule has 0 saturated carbocycles. The Morgan fingerprint density at radius 1 is 1.69 bits per heavy atom. The number of Topliss-reactive ketones (excluding diaryl/α,β-unsaturated/α-hetero) is 1. The second kappa shape index (κ2) is 4.94. The minimum atomic E-state index is -0.911.